The molecule has 122 valence electrons. The molecule has 0 aliphatic carbocycles. The first kappa shape index (κ1) is 16.9. The number of amides is 1. The van der Waals surface area contributed by atoms with E-state index >= 15 is 0 Å². The molecule has 23 heavy (non-hydrogen) atoms. The lowest BCUT2D eigenvalue weighted by molar-refractivity contribution is -0.122. The first-order chi connectivity index (χ1) is 11.0. The number of nitrogens with one attached hydrogen (secondary N) is 1. The minimum atomic E-state index is -0.578. The summed E-state index contributed by atoms with van der Waals surface area (Å²) in [5.41, 5.74) is 2.94. The molecule has 0 saturated heterocycles. The van der Waals surface area contributed by atoms with Gasteiger partial charge in [0.25, 0.3) is 5.91 Å². The zero-order valence-corrected chi connectivity index (χ0v) is 14.1. The van der Waals surface area contributed by atoms with E-state index in [2.05, 4.69) is 5.32 Å². The average molecular weight is 313 g/mol. The van der Waals surface area contributed by atoms with Gasteiger partial charge in [-0.15, -0.1) is 0 Å². The molecular formula is C19H23NO3. The van der Waals surface area contributed by atoms with E-state index in [0.29, 0.717) is 17.9 Å². The molecule has 0 fully saturated rings. The van der Waals surface area contributed by atoms with Crippen molar-refractivity contribution in [2.45, 2.75) is 33.3 Å². The zero-order chi connectivity index (χ0) is 16.8. The van der Waals surface area contributed by atoms with Gasteiger partial charge in [0.2, 0.25) is 0 Å². The number of carbonyl (C=O) groups excluding carboxylic acids is 1. The third-order valence-corrected chi connectivity index (χ3v) is 3.65. The number of methoxy groups -OCH3 is 1. The second-order valence-electron chi connectivity index (χ2n) is 5.47. The van der Waals surface area contributed by atoms with Gasteiger partial charge in [-0.1, -0.05) is 31.2 Å². The summed E-state index contributed by atoms with van der Waals surface area (Å²) in [4.78, 5) is 12.5. The van der Waals surface area contributed by atoms with Crippen LogP contribution in [-0.4, -0.2) is 19.1 Å². The van der Waals surface area contributed by atoms with Crippen molar-refractivity contribution in [3.05, 3.63) is 53.6 Å². The Morgan fingerprint density at radius 1 is 1.13 bits per heavy atom. The van der Waals surface area contributed by atoms with Crippen molar-refractivity contribution in [2.75, 3.05) is 12.4 Å². The second kappa shape index (κ2) is 7.68. The van der Waals surface area contributed by atoms with Crippen molar-refractivity contribution in [3.63, 3.8) is 0 Å². The van der Waals surface area contributed by atoms with Crippen LogP contribution >= 0.6 is 0 Å². The minimum absolute atomic E-state index is 0.160. The second-order valence-corrected chi connectivity index (χ2v) is 5.47. The van der Waals surface area contributed by atoms with E-state index in [1.54, 1.807) is 13.2 Å². The van der Waals surface area contributed by atoms with Crippen molar-refractivity contribution < 1.29 is 14.3 Å². The van der Waals surface area contributed by atoms with Gasteiger partial charge in [0.15, 0.2) is 17.6 Å². The summed E-state index contributed by atoms with van der Waals surface area (Å²) in [6, 6.07) is 13.3. The summed E-state index contributed by atoms with van der Waals surface area (Å²) >= 11 is 0. The van der Waals surface area contributed by atoms with Crippen LogP contribution in [0.4, 0.5) is 5.69 Å². The number of rotatable bonds is 6. The van der Waals surface area contributed by atoms with Crippen LogP contribution in [0.25, 0.3) is 0 Å². The Morgan fingerprint density at radius 2 is 1.83 bits per heavy atom. The largest absolute Gasteiger partial charge is 0.493 e. The quantitative estimate of drug-likeness (QED) is 0.873. The summed E-state index contributed by atoms with van der Waals surface area (Å²) < 4.78 is 11.1. The molecule has 1 atom stereocenters. The Morgan fingerprint density at radius 3 is 2.48 bits per heavy atom. The number of carbonyl (C=O) groups is 1. The molecule has 0 heterocycles. The number of benzene rings is 2. The van der Waals surface area contributed by atoms with Gasteiger partial charge in [-0.2, -0.15) is 0 Å². The molecule has 4 nitrogen and oxygen atoms in total. The Hall–Kier alpha value is -2.49. The molecule has 0 saturated carbocycles. The maximum atomic E-state index is 12.5. The number of hydrogen-bond donors (Lipinski definition) is 1. The van der Waals surface area contributed by atoms with Crippen LogP contribution in [0, 0.1) is 13.8 Å². The molecule has 1 amide bonds. The van der Waals surface area contributed by atoms with E-state index < -0.39 is 6.10 Å². The first-order valence-electron chi connectivity index (χ1n) is 7.73. The van der Waals surface area contributed by atoms with E-state index in [-0.39, 0.29) is 5.91 Å². The summed E-state index contributed by atoms with van der Waals surface area (Å²) in [6.07, 6.45) is -0.0133. The number of hydrogen-bond acceptors (Lipinski definition) is 3. The summed E-state index contributed by atoms with van der Waals surface area (Å²) in [5.74, 6) is 1.02. The maximum absolute atomic E-state index is 12.5. The van der Waals surface area contributed by atoms with Gasteiger partial charge in [0.05, 0.1) is 7.11 Å². The third kappa shape index (κ3) is 4.25. The topological polar surface area (TPSA) is 47.6 Å². The monoisotopic (exact) mass is 313 g/mol. The van der Waals surface area contributed by atoms with E-state index in [1.807, 2.05) is 57.2 Å². The molecule has 0 unspecified atom stereocenters. The van der Waals surface area contributed by atoms with Crippen LogP contribution in [0.5, 0.6) is 11.5 Å². The Bertz CT molecular complexity index is 682. The summed E-state index contributed by atoms with van der Waals surface area (Å²) in [5, 5.41) is 2.96. The molecular weight excluding hydrogens is 290 g/mol. The number of anilines is 1. The van der Waals surface area contributed by atoms with Crippen LogP contribution in [0.3, 0.4) is 0 Å². The minimum Gasteiger partial charge on any atom is -0.493 e. The fourth-order valence-corrected chi connectivity index (χ4v) is 2.28. The predicted octanol–water partition coefficient (Wildman–Crippen LogP) is 4.11. The molecule has 0 aliphatic heterocycles. The van der Waals surface area contributed by atoms with Crippen LogP contribution in [-0.2, 0) is 4.79 Å². The van der Waals surface area contributed by atoms with E-state index in [0.717, 1.165) is 16.8 Å². The SMILES string of the molecule is CC[C@@H](Oc1ccccc1OC)C(=O)Nc1cc(C)ccc1C. The molecule has 2 rings (SSSR count). The standard InChI is InChI=1S/C19H23NO3/c1-5-16(23-18-9-7-6-8-17(18)22-4)19(21)20-15-12-13(2)10-11-14(15)3/h6-12,16H,5H2,1-4H3,(H,20,21)/t16-/m1/s1. The van der Waals surface area contributed by atoms with Crippen molar-refractivity contribution in [1.29, 1.82) is 0 Å². The van der Waals surface area contributed by atoms with Gasteiger partial charge < -0.3 is 14.8 Å². The van der Waals surface area contributed by atoms with Gasteiger partial charge in [-0.05, 0) is 49.6 Å². The highest BCUT2D eigenvalue weighted by atomic mass is 16.5. The van der Waals surface area contributed by atoms with Gasteiger partial charge in [0.1, 0.15) is 0 Å². The molecule has 1 N–H and O–H groups in total. The maximum Gasteiger partial charge on any atom is 0.265 e. The molecule has 4 heteroatoms. The van der Waals surface area contributed by atoms with E-state index in [1.165, 1.54) is 0 Å². The highest BCUT2D eigenvalue weighted by Crippen LogP contribution is 2.27. The number of para-hydroxylation sites is 2. The van der Waals surface area contributed by atoms with E-state index in [4.69, 9.17) is 9.47 Å². The Labute approximate surface area is 137 Å². The van der Waals surface area contributed by atoms with Crippen LogP contribution < -0.4 is 14.8 Å². The molecule has 2 aromatic rings. The Kier molecular flexibility index (Phi) is 5.63. The smallest absolute Gasteiger partial charge is 0.265 e. The first-order valence-corrected chi connectivity index (χ1v) is 7.73. The lowest BCUT2D eigenvalue weighted by Crippen LogP contribution is -2.32. The highest BCUT2D eigenvalue weighted by molar-refractivity contribution is 5.95. The van der Waals surface area contributed by atoms with Crippen molar-refractivity contribution >= 4 is 11.6 Å². The van der Waals surface area contributed by atoms with Crippen LogP contribution in [0.1, 0.15) is 24.5 Å². The summed E-state index contributed by atoms with van der Waals surface area (Å²) in [7, 11) is 1.58. The van der Waals surface area contributed by atoms with Crippen molar-refractivity contribution in [1.82, 2.24) is 0 Å². The molecule has 0 radical (unpaired) electrons. The number of aryl methyl sites for hydroxylation is 2. The number of ether oxygens (including phenoxy) is 2. The molecule has 0 spiro atoms. The van der Waals surface area contributed by atoms with Gasteiger partial charge in [-0.3, -0.25) is 4.79 Å². The lowest BCUT2D eigenvalue weighted by Gasteiger charge is -2.19. The van der Waals surface area contributed by atoms with E-state index in [9.17, 15) is 4.79 Å². The van der Waals surface area contributed by atoms with Crippen LogP contribution in [0.2, 0.25) is 0 Å². The van der Waals surface area contributed by atoms with Gasteiger partial charge in [-0.25, -0.2) is 0 Å². The normalized spacial score (nSPS) is 11.7. The van der Waals surface area contributed by atoms with Crippen LogP contribution in [0.15, 0.2) is 42.5 Å². The van der Waals surface area contributed by atoms with Gasteiger partial charge >= 0.3 is 0 Å². The molecule has 0 bridgehead atoms. The zero-order valence-electron chi connectivity index (χ0n) is 14.1. The van der Waals surface area contributed by atoms with Crippen molar-refractivity contribution in [2.24, 2.45) is 0 Å². The fourth-order valence-electron chi connectivity index (χ4n) is 2.28. The predicted molar refractivity (Wildman–Crippen MR) is 92.2 cm³/mol. The highest BCUT2D eigenvalue weighted by Gasteiger charge is 2.20. The lowest BCUT2D eigenvalue weighted by atomic mass is 10.1. The fraction of sp³-hybridized carbons (Fsp3) is 0.316. The Balaban J connectivity index is 2.14. The molecule has 2 aromatic carbocycles. The van der Waals surface area contributed by atoms with Gasteiger partial charge in [0, 0.05) is 5.69 Å². The third-order valence-electron chi connectivity index (χ3n) is 3.65. The summed E-state index contributed by atoms with van der Waals surface area (Å²) in [6.45, 7) is 5.89. The molecule has 0 aliphatic rings. The average Bonchev–Trinajstić information content (AvgIpc) is 2.56. The van der Waals surface area contributed by atoms with Crippen molar-refractivity contribution in [3.8, 4) is 11.5 Å². The molecule has 0 aromatic heterocycles.